The number of pyridine rings is 3. The molecule has 2 N–H and O–H groups in total. The van der Waals surface area contributed by atoms with Crippen molar-refractivity contribution in [3.63, 3.8) is 0 Å². The fourth-order valence-corrected chi connectivity index (χ4v) is 6.06. The lowest BCUT2D eigenvalue weighted by Crippen LogP contribution is -2.17. The van der Waals surface area contributed by atoms with Gasteiger partial charge < -0.3 is 10.6 Å². The molecular formula is C37H23Br2N5O2. The first-order valence-corrected chi connectivity index (χ1v) is 15.9. The van der Waals surface area contributed by atoms with Gasteiger partial charge in [-0.3, -0.25) is 9.59 Å². The van der Waals surface area contributed by atoms with Crippen LogP contribution < -0.4 is 10.6 Å². The summed E-state index contributed by atoms with van der Waals surface area (Å²) in [5.74, 6) is -0.0987. The molecule has 222 valence electrons. The fraction of sp³-hybridized carbons (Fsp3) is 0. The summed E-state index contributed by atoms with van der Waals surface area (Å²) in [5.41, 5.74) is 5.42. The highest BCUT2D eigenvalue weighted by Crippen LogP contribution is 2.29. The Hall–Kier alpha value is -5.25. The topological polar surface area (TPSA) is 96.9 Å². The van der Waals surface area contributed by atoms with E-state index in [-0.39, 0.29) is 11.8 Å². The number of amides is 2. The van der Waals surface area contributed by atoms with Gasteiger partial charge in [0.15, 0.2) is 0 Å². The summed E-state index contributed by atoms with van der Waals surface area (Å²) < 4.78 is 1.83. The van der Waals surface area contributed by atoms with Gasteiger partial charge >= 0.3 is 0 Å². The minimum absolute atomic E-state index is 0.294. The van der Waals surface area contributed by atoms with Crippen LogP contribution in [0.3, 0.4) is 0 Å². The third-order valence-electron chi connectivity index (χ3n) is 7.39. The van der Waals surface area contributed by atoms with E-state index in [0.29, 0.717) is 56.0 Å². The predicted octanol–water partition coefficient (Wildman–Crippen LogP) is 9.54. The van der Waals surface area contributed by atoms with E-state index in [1.54, 1.807) is 30.3 Å². The number of nitrogens with one attached hydrogen (secondary N) is 2. The lowest BCUT2D eigenvalue weighted by Gasteiger charge is -2.12. The fourth-order valence-electron chi connectivity index (χ4n) is 5.26. The van der Waals surface area contributed by atoms with Gasteiger partial charge in [0.05, 0.1) is 33.5 Å². The van der Waals surface area contributed by atoms with Crippen LogP contribution in [0.15, 0.2) is 136 Å². The minimum atomic E-state index is -0.343. The molecule has 9 heteroatoms. The van der Waals surface area contributed by atoms with E-state index >= 15 is 0 Å². The normalized spacial score (nSPS) is 11.0. The summed E-state index contributed by atoms with van der Waals surface area (Å²) in [7, 11) is 0. The van der Waals surface area contributed by atoms with Crippen LogP contribution in [0.5, 0.6) is 0 Å². The zero-order chi connectivity index (χ0) is 31.6. The smallest absolute Gasteiger partial charge is 0.257 e. The summed E-state index contributed by atoms with van der Waals surface area (Å²) in [6.07, 6.45) is 0. The average Bonchev–Trinajstić information content (AvgIpc) is 3.07. The van der Waals surface area contributed by atoms with Crippen LogP contribution in [-0.2, 0) is 0 Å². The molecule has 3 aromatic heterocycles. The maximum absolute atomic E-state index is 13.7. The van der Waals surface area contributed by atoms with Crippen LogP contribution >= 0.6 is 31.9 Å². The maximum Gasteiger partial charge on any atom is 0.257 e. The summed E-state index contributed by atoms with van der Waals surface area (Å²) in [5, 5.41) is 7.25. The highest BCUT2D eigenvalue weighted by Gasteiger charge is 2.17. The largest absolute Gasteiger partial charge is 0.306 e. The van der Waals surface area contributed by atoms with E-state index in [0.717, 1.165) is 20.1 Å². The van der Waals surface area contributed by atoms with E-state index < -0.39 is 0 Å². The van der Waals surface area contributed by atoms with Gasteiger partial charge in [0.25, 0.3) is 11.8 Å². The quantitative estimate of drug-likeness (QED) is 0.178. The van der Waals surface area contributed by atoms with Crippen LogP contribution in [0, 0.1) is 0 Å². The Balaban J connectivity index is 1.18. The van der Waals surface area contributed by atoms with Crippen molar-refractivity contribution in [1.82, 2.24) is 15.0 Å². The van der Waals surface area contributed by atoms with E-state index in [1.165, 1.54) is 0 Å². The van der Waals surface area contributed by atoms with Crippen LogP contribution in [0.4, 0.5) is 11.6 Å². The number of anilines is 2. The van der Waals surface area contributed by atoms with Crippen molar-refractivity contribution in [2.75, 3.05) is 10.6 Å². The maximum atomic E-state index is 13.7. The molecule has 4 aromatic carbocycles. The SMILES string of the molecule is O=C(Nc1cccc(NC(=O)c2cc(-c3cccc(Br)c3)nc3ccccc23)n1)c1cc(-c2cccc(Br)c2)nc2ccccc12. The van der Waals surface area contributed by atoms with E-state index in [4.69, 9.17) is 9.97 Å². The lowest BCUT2D eigenvalue weighted by molar-refractivity contribution is 0.102. The molecular weight excluding hydrogens is 706 g/mol. The Morgan fingerprint density at radius 3 is 1.37 bits per heavy atom. The second-order valence-electron chi connectivity index (χ2n) is 10.5. The van der Waals surface area contributed by atoms with Crippen LogP contribution in [-0.4, -0.2) is 26.8 Å². The molecule has 0 atom stereocenters. The summed E-state index contributed by atoms with van der Waals surface area (Å²) in [6.45, 7) is 0. The van der Waals surface area contributed by atoms with Crippen molar-refractivity contribution in [2.24, 2.45) is 0 Å². The van der Waals surface area contributed by atoms with Gasteiger partial charge in [0, 0.05) is 30.8 Å². The molecule has 0 unspecified atom stereocenters. The van der Waals surface area contributed by atoms with Gasteiger partial charge in [0.1, 0.15) is 11.6 Å². The van der Waals surface area contributed by atoms with Crippen LogP contribution in [0.25, 0.3) is 44.3 Å². The molecule has 0 aliphatic rings. The third kappa shape index (κ3) is 6.15. The van der Waals surface area contributed by atoms with Gasteiger partial charge in [-0.2, -0.15) is 0 Å². The molecule has 0 bridgehead atoms. The van der Waals surface area contributed by atoms with Crippen molar-refractivity contribution >= 4 is 77.1 Å². The monoisotopic (exact) mass is 727 g/mol. The van der Waals surface area contributed by atoms with E-state index in [2.05, 4.69) is 47.5 Å². The van der Waals surface area contributed by atoms with Crippen molar-refractivity contribution in [3.05, 3.63) is 147 Å². The molecule has 0 fully saturated rings. The molecule has 7 aromatic rings. The highest BCUT2D eigenvalue weighted by molar-refractivity contribution is 9.10. The Labute approximate surface area is 281 Å². The number of fused-ring (bicyclic) bond motifs is 2. The molecule has 3 heterocycles. The molecule has 0 saturated carbocycles. The zero-order valence-corrected chi connectivity index (χ0v) is 27.2. The number of nitrogens with zero attached hydrogens (tertiary/aromatic N) is 3. The van der Waals surface area contributed by atoms with Crippen molar-refractivity contribution in [2.45, 2.75) is 0 Å². The van der Waals surface area contributed by atoms with Crippen molar-refractivity contribution < 1.29 is 9.59 Å². The Bertz CT molecular complexity index is 2150. The van der Waals surface area contributed by atoms with Gasteiger partial charge in [-0.1, -0.05) is 98.6 Å². The number of halogens is 2. The van der Waals surface area contributed by atoms with Crippen LogP contribution in [0.2, 0.25) is 0 Å². The Kier molecular flexibility index (Phi) is 8.09. The molecule has 7 rings (SSSR count). The van der Waals surface area contributed by atoms with Gasteiger partial charge in [0.2, 0.25) is 0 Å². The molecule has 46 heavy (non-hydrogen) atoms. The molecule has 0 aliphatic carbocycles. The Morgan fingerprint density at radius 2 is 0.913 bits per heavy atom. The average molecular weight is 729 g/mol. The number of hydrogen-bond acceptors (Lipinski definition) is 5. The van der Waals surface area contributed by atoms with Crippen molar-refractivity contribution in [1.29, 1.82) is 0 Å². The van der Waals surface area contributed by atoms with E-state index in [9.17, 15) is 9.59 Å². The predicted molar refractivity (Wildman–Crippen MR) is 190 cm³/mol. The first kappa shape index (κ1) is 29.5. The summed E-state index contributed by atoms with van der Waals surface area (Å²) in [6, 6.07) is 39.2. The molecule has 0 saturated heterocycles. The first-order valence-electron chi connectivity index (χ1n) is 14.3. The molecule has 0 radical (unpaired) electrons. The zero-order valence-electron chi connectivity index (χ0n) is 24.0. The van der Waals surface area contributed by atoms with E-state index in [1.807, 2.05) is 97.1 Å². The van der Waals surface area contributed by atoms with Gasteiger partial charge in [-0.15, -0.1) is 0 Å². The van der Waals surface area contributed by atoms with Crippen LogP contribution in [0.1, 0.15) is 20.7 Å². The minimum Gasteiger partial charge on any atom is -0.306 e. The summed E-state index contributed by atoms with van der Waals surface area (Å²) in [4.78, 5) is 41.5. The summed E-state index contributed by atoms with van der Waals surface area (Å²) >= 11 is 7.04. The first-order chi connectivity index (χ1) is 22.4. The standard InChI is InChI=1S/C37H23Br2N5O2/c38-24-10-5-8-22(18-24)32-20-28(26-12-1-3-14-30(26)40-32)36(45)43-34-16-7-17-35(42-34)44-37(46)29-21-33(23-9-6-11-25(39)19-23)41-31-15-4-2-13-27(29)31/h1-21H,(H2,42,43,44,45,46). The molecule has 0 aliphatic heterocycles. The number of para-hydroxylation sites is 2. The second kappa shape index (κ2) is 12.6. The number of aromatic nitrogens is 3. The van der Waals surface area contributed by atoms with Gasteiger partial charge in [-0.25, -0.2) is 15.0 Å². The third-order valence-corrected chi connectivity index (χ3v) is 8.38. The number of rotatable bonds is 6. The Morgan fingerprint density at radius 1 is 0.478 bits per heavy atom. The number of carbonyl (C=O) groups excluding carboxylic acids is 2. The molecule has 0 spiro atoms. The number of carbonyl (C=O) groups is 2. The second-order valence-corrected chi connectivity index (χ2v) is 12.3. The van der Waals surface area contributed by atoms with Gasteiger partial charge in [-0.05, 0) is 60.7 Å². The number of hydrogen-bond donors (Lipinski definition) is 2. The van der Waals surface area contributed by atoms with Crippen molar-refractivity contribution in [3.8, 4) is 22.5 Å². The molecule has 7 nitrogen and oxygen atoms in total. The highest BCUT2D eigenvalue weighted by atomic mass is 79.9. The molecule has 2 amide bonds. The number of benzene rings is 4. The lowest BCUT2D eigenvalue weighted by atomic mass is 10.0.